The zero-order valence-electron chi connectivity index (χ0n) is 51.5. The Labute approximate surface area is 561 Å². The summed E-state index contributed by atoms with van der Waals surface area (Å²) in [5.74, 6) is -1.39. The van der Waals surface area contributed by atoms with Crippen LogP contribution in [0.25, 0.3) is 33.4 Å². The first-order valence-electron chi connectivity index (χ1n) is 28.7. The maximum atomic E-state index is 13.4. The van der Waals surface area contributed by atoms with Crippen molar-refractivity contribution < 1.29 is 173 Å². The van der Waals surface area contributed by atoms with E-state index < -0.39 is 99.6 Å². The lowest BCUT2D eigenvalue weighted by atomic mass is 9.90. The second-order valence-corrected chi connectivity index (χ2v) is 27.4. The van der Waals surface area contributed by atoms with Gasteiger partial charge in [-0.2, -0.15) is 0 Å². The first kappa shape index (κ1) is 84.3. The van der Waals surface area contributed by atoms with Crippen LogP contribution in [0.3, 0.4) is 0 Å². The van der Waals surface area contributed by atoms with Crippen LogP contribution in [0.15, 0.2) is 101 Å². The number of nitrogens with one attached hydrogen (secondary N) is 1. The molecule has 2 aromatic rings. The van der Waals surface area contributed by atoms with E-state index >= 15 is 0 Å². The van der Waals surface area contributed by atoms with E-state index in [2.05, 4.69) is 99.9 Å². The lowest BCUT2D eigenvalue weighted by molar-refractivity contribution is -0.700. The van der Waals surface area contributed by atoms with E-state index in [1.165, 1.54) is 54.6 Å². The third kappa shape index (κ3) is 37.7. The number of aliphatic hydroxyl groups is 1. The summed E-state index contributed by atoms with van der Waals surface area (Å²) in [6.07, 6.45) is 14.6. The van der Waals surface area contributed by atoms with Gasteiger partial charge in [0.2, 0.25) is 0 Å². The van der Waals surface area contributed by atoms with Gasteiger partial charge < -0.3 is 95.5 Å². The number of carboxylic acid groups (broad SMARTS) is 1. The highest BCUT2D eigenvalue weighted by Crippen LogP contribution is 2.44. The van der Waals surface area contributed by atoms with Crippen LogP contribution in [-0.2, 0) is 125 Å². The third-order valence-corrected chi connectivity index (χ3v) is 18.0. The van der Waals surface area contributed by atoms with Crippen molar-refractivity contribution in [2.45, 2.75) is 71.1 Å². The van der Waals surface area contributed by atoms with E-state index in [4.69, 9.17) is 32.1 Å². The predicted molar refractivity (Wildman–Crippen MR) is 324 cm³/mol. The molecule has 2 aromatic carbocycles. The van der Waals surface area contributed by atoms with Crippen molar-refractivity contribution in [1.82, 2.24) is 5.32 Å². The first-order chi connectivity index (χ1) is 46.6. The summed E-state index contributed by atoms with van der Waals surface area (Å²) in [7, 11) is -15.3. The summed E-state index contributed by atoms with van der Waals surface area (Å²) in [5, 5.41) is 71.0. The van der Waals surface area contributed by atoms with Crippen molar-refractivity contribution in [3.8, 4) is 28.2 Å². The standard InChI is InChI=1S/C53H74NO37P4S2/c1-3-22-68-83-89-85-70-25-30-76-93(62,63)77-31-26-71-86-91-88-73-28-33-79-95(66,67)81-40-41(39-80-94(64,65)78-32-27-72-87-90-84-69-24-29-75-92(2,61)74-23-10-4-5-11-34-96-97-35-12-6-9-21-55)13-7-8-20-54-52(58)42-14-17-45(48(36-42)53(59)60)51-46-18-15-43(56)37-49(46)82-50-38-44(57)16-19-47(50)51/h3,14-19,22,26-27,31-32,36-38,41,55H,2,4-13,20-21,23-25,28-30,33-35,39-40H2,1H3,(H6-,54,56,57,58,59,60,61,62,63,64,65,66,67)/q-1/p-4/b22-3+,31-26+,32-27+. The van der Waals surface area contributed by atoms with E-state index in [-0.39, 0.29) is 80.3 Å². The van der Waals surface area contributed by atoms with Gasteiger partial charge in [-0.15, -0.1) is 5.75 Å². The van der Waals surface area contributed by atoms with Gasteiger partial charge >= 0.3 is 21.6 Å². The van der Waals surface area contributed by atoms with E-state index in [1.807, 2.05) is 21.6 Å². The van der Waals surface area contributed by atoms with Gasteiger partial charge in [0.05, 0.1) is 45.2 Å². The molecule has 0 saturated heterocycles. The van der Waals surface area contributed by atoms with Crippen LogP contribution in [0.2, 0.25) is 0 Å². The van der Waals surface area contributed by atoms with E-state index in [1.54, 1.807) is 6.92 Å². The normalized spacial score (nSPS) is 14.7. The fourth-order valence-electron chi connectivity index (χ4n) is 7.40. The van der Waals surface area contributed by atoms with Crippen molar-refractivity contribution in [2.24, 2.45) is 5.92 Å². The van der Waals surface area contributed by atoms with Crippen molar-refractivity contribution in [3.63, 3.8) is 0 Å². The first-order valence-corrected chi connectivity index (χ1v) is 37.3. The summed E-state index contributed by atoms with van der Waals surface area (Å²) < 4.78 is 81.0. The molecule has 3 N–H and O–H groups in total. The Morgan fingerprint density at radius 1 is 0.598 bits per heavy atom. The molecule has 44 heteroatoms. The number of allylic oxidation sites excluding steroid dienone is 1. The molecule has 0 aromatic heterocycles. The molecule has 1 heterocycles. The second-order valence-electron chi connectivity index (χ2n) is 18.8. The van der Waals surface area contributed by atoms with Gasteiger partial charge in [-0.1, -0.05) is 71.8 Å². The lowest BCUT2D eigenvalue weighted by Gasteiger charge is -2.29. The molecule has 5 unspecified atom stereocenters. The topological polar surface area (TPSA) is 496 Å². The average Bonchev–Trinajstić information content (AvgIpc) is 0.750. The van der Waals surface area contributed by atoms with E-state index in [0.717, 1.165) is 62.4 Å². The molecule has 0 saturated carbocycles. The van der Waals surface area contributed by atoms with Gasteiger partial charge in [-0.05, 0) is 103 Å². The highest BCUT2D eigenvalue weighted by molar-refractivity contribution is 8.76. The minimum Gasteiger partial charge on any atom is -0.872 e. The van der Waals surface area contributed by atoms with Gasteiger partial charge in [0.1, 0.15) is 50.0 Å². The maximum Gasteiger partial charge on any atom is 0.336 e. The minimum atomic E-state index is -5.24. The number of phosphoric ester groups is 3. The molecule has 38 nitrogen and oxygen atoms in total. The summed E-state index contributed by atoms with van der Waals surface area (Å²) in [6, 6.07) is 11.7. The van der Waals surface area contributed by atoms with Crippen molar-refractivity contribution in [2.75, 3.05) is 84.1 Å². The SMILES string of the molecule is C=P([O-])(OCCCCCCSSCCCCCO)OCCOOOOO/C=C/OP(=O)([O-])OCC(CCCCNC(=O)c1ccc(-c2c3ccc(=O)cc-3oc3cc([O-])ccc23)c(C(=O)O)c1)COP(=O)([O-])OCCOOOOO/C=C/OP(=O)([O-])OCCOOOOO/C=C/C. The number of carbonyl (C=O) groups excluding carboxylic acids is 1. The monoisotopic (exact) mass is 1500 g/mol. The van der Waals surface area contributed by atoms with Crippen LogP contribution >= 0.6 is 52.6 Å². The quantitative estimate of drug-likeness (QED) is 0.00781. The number of aromatic carboxylic acids is 1. The van der Waals surface area contributed by atoms with Crippen LogP contribution in [0.5, 0.6) is 5.75 Å². The van der Waals surface area contributed by atoms with Crippen LogP contribution < -0.4 is 35.4 Å². The van der Waals surface area contributed by atoms with E-state index in [0.29, 0.717) is 48.0 Å². The Morgan fingerprint density at radius 3 is 1.77 bits per heavy atom. The number of aliphatic hydroxyl groups excluding tert-OH is 1. The number of rotatable bonds is 59. The maximum absolute atomic E-state index is 13.4. The minimum absolute atomic E-state index is 0.0236. The zero-order valence-corrected chi connectivity index (χ0v) is 56.7. The lowest BCUT2D eigenvalue weighted by Crippen LogP contribution is -2.25. The van der Waals surface area contributed by atoms with Gasteiger partial charge in [-0.25, -0.2) is 19.5 Å². The zero-order chi connectivity index (χ0) is 70.5. The molecular weight excluding hydrogens is 1430 g/mol. The van der Waals surface area contributed by atoms with Crippen LogP contribution in [0.1, 0.15) is 91.8 Å². The van der Waals surface area contributed by atoms with Gasteiger partial charge in [0.25, 0.3) is 13.7 Å². The molecule has 4 rings (SSSR count). The number of carbonyl (C=O) groups is 2. The number of fused-ring (bicyclic) bond motifs is 2. The summed E-state index contributed by atoms with van der Waals surface area (Å²) in [5.41, 5.74) is 0.160. The molecule has 0 radical (unpaired) electrons. The largest absolute Gasteiger partial charge is 0.872 e. The number of hydrogen-bond acceptors (Lipinski definition) is 38. The van der Waals surface area contributed by atoms with Crippen molar-refractivity contribution >= 4 is 81.8 Å². The number of carboxylic acids is 1. The molecule has 546 valence electrons. The van der Waals surface area contributed by atoms with Crippen LogP contribution in [0.4, 0.5) is 0 Å². The van der Waals surface area contributed by atoms with Crippen LogP contribution in [-0.4, -0.2) is 113 Å². The fourth-order valence-corrected chi connectivity index (χ4v) is 12.5. The Morgan fingerprint density at radius 2 is 1.15 bits per heavy atom. The highest BCUT2D eigenvalue weighted by Gasteiger charge is 2.24. The Bertz CT molecular complexity index is 3240. The molecule has 0 fully saturated rings. The van der Waals surface area contributed by atoms with Crippen molar-refractivity contribution in [3.05, 3.63) is 113 Å². The average molecular weight is 1500 g/mol. The number of unbranched alkanes of at least 4 members (excludes halogenated alkanes) is 6. The molecule has 1 aliphatic carbocycles. The Kier molecular flexibility index (Phi) is 42.2. The summed E-state index contributed by atoms with van der Waals surface area (Å²) >= 11 is 0. The molecule has 97 heavy (non-hydrogen) atoms. The van der Waals surface area contributed by atoms with Gasteiger partial charge in [0.15, 0.2) is 18.0 Å². The highest BCUT2D eigenvalue weighted by atomic mass is 33.1. The van der Waals surface area contributed by atoms with Gasteiger partial charge in [0, 0.05) is 96.5 Å². The fraction of sp³-hybridized carbons (Fsp3) is 0.472. The molecule has 0 spiro atoms. The van der Waals surface area contributed by atoms with Crippen molar-refractivity contribution in [1.29, 1.82) is 0 Å². The number of benzene rings is 3. The van der Waals surface area contributed by atoms with Gasteiger partial charge in [-0.3, -0.25) is 23.3 Å². The number of phosphoric acid groups is 3. The molecule has 1 amide bonds. The molecule has 1 aliphatic heterocycles. The molecule has 0 bridgehead atoms. The predicted octanol–water partition coefficient (Wildman–Crippen LogP) is 6.76. The van der Waals surface area contributed by atoms with E-state index in [9.17, 15) is 57.9 Å². The molecular formula is C53H70NO37P4S2-5. The van der Waals surface area contributed by atoms with Crippen LogP contribution in [0, 0.1) is 5.92 Å². The smallest absolute Gasteiger partial charge is 0.336 e. The second kappa shape index (κ2) is 48.6. The Hall–Kier alpha value is -5.14. The summed E-state index contributed by atoms with van der Waals surface area (Å²) in [6.45, 7) is -2.68. The molecule has 5 atom stereocenters. The Balaban J connectivity index is 1.19. The third-order valence-electron chi connectivity index (χ3n) is 11.6. The number of amides is 1. The summed E-state index contributed by atoms with van der Waals surface area (Å²) in [4.78, 5) is 114. The number of hydrogen-bond donors (Lipinski definition) is 3. The molecule has 2 aliphatic rings.